The number of aliphatic hydroxyl groups excluding tert-OH is 2. The van der Waals surface area contributed by atoms with Crippen molar-refractivity contribution in [3.63, 3.8) is 0 Å². The lowest BCUT2D eigenvalue weighted by atomic mass is 10.1. The van der Waals surface area contributed by atoms with Gasteiger partial charge in [0.25, 0.3) is 0 Å². The first-order valence-corrected chi connectivity index (χ1v) is 11.6. The molecule has 12 heteroatoms. The van der Waals surface area contributed by atoms with E-state index in [9.17, 15) is 15.0 Å². The molecule has 3 aromatic rings. The summed E-state index contributed by atoms with van der Waals surface area (Å²) in [6, 6.07) is 7.50. The molecule has 2 aromatic heterocycles. The van der Waals surface area contributed by atoms with Crippen LogP contribution in [0.5, 0.6) is 0 Å². The minimum Gasteiger partial charge on any atom is -0.387 e. The van der Waals surface area contributed by atoms with Crippen LogP contribution in [0.1, 0.15) is 25.1 Å². The van der Waals surface area contributed by atoms with Gasteiger partial charge in [0.15, 0.2) is 17.7 Å². The van der Waals surface area contributed by atoms with Crippen molar-refractivity contribution in [2.75, 3.05) is 37.7 Å². The van der Waals surface area contributed by atoms with E-state index >= 15 is 0 Å². The molecule has 0 radical (unpaired) electrons. The van der Waals surface area contributed by atoms with Crippen molar-refractivity contribution in [1.82, 2.24) is 29.7 Å². The first-order valence-electron chi connectivity index (χ1n) is 11.6. The van der Waals surface area contributed by atoms with Gasteiger partial charge < -0.3 is 36.2 Å². The molecule has 35 heavy (non-hydrogen) atoms. The summed E-state index contributed by atoms with van der Waals surface area (Å²) in [5.74, 6) is 0.231. The number of anilines is 2. The summed E-state index contributed by atoms with van der Waals surface area (Å²) in [5.41, 5.74) is 8.59. The number of aryl methyl sites for hydroxylation is 1. The fourth-order valence-electron chi connectivity index (χ4n) is 4.16. The van der Waals surface area contributed by atoms with Crippen LogP contribution < -0.4 is 16.4 Å². The van der Waals surface area contributed by atoms with E-state index in [0.29, 0.717) is 37.2 Å². The highest BCUT2D eigenvalue weighted by Gasteiger charge is 2.44. The summed E-state index contributed by atoms with van der Waals surface area (Å²) in [6.07, 6.45) is 0.699. The highest BCUT2D eigenvalue weighted by molar-refractivity contribution is 5.89. The molecule has 0 aliphatic carbocycles. The van der Waals surface area contributed by atoms with Crippen molar-refractivity contribution >= 4 is 28.7 Å². The second-order valence-electron chi connectivity index (χ2n) is 8.68. The Bertz CT molecular complexity index is 1160. The van der Waals surface area contributed by atoms with Crippen molar-refractivity contribution in [3.8, 4) is 0 Å². The Labute approximate surface area is 203 Å². The highest BCUT2D eigenvalue weighted by Crippen LogP contribution is 2.32. The number of urea groups is 1. The number of hydrogen-bond acceptors (Lipinski definition) is 9. The van der Waals surface area contributed by atoms with Gasteiger partial charge in [-0.05, 0) is 44.1 Å². The lowest BCUT2D eigenvalue weighted by Crippen LogP contribution is -2.39. The van der Waals surface area contributed by atoms with Gasteiger partial charge in [-0.2, -0.15) is 0 Å². The molecule has 0 saturated carbocycles. The first-order chi connectivity index (χ1) is 16.9. The van der Waals surface area contributed by atoms with E-state index < -0.39 is 24.5 Å². The van der Waals surface area contributed by atoms with Crippen molar-refractivity contribution in [2.24, 2.45) is 0 Å². The number of hydrogen-bond donors (Lipinski definition) is 5. The predicted octanol–water partition coefficient (Wildman–Crippen LogP) is 0.734. The largest absolute Gasteiger partial charge is 0.387 e. The van der Waals surface area contributed by atoms with Crippen molar-refractivity contribution in [1.29, 1.82) is 0 Å². The van der Waals surface area contributed by atoms with Crippen LogP contribution in [0.15, 0.2) is 36.9 Å². The molecular formula is C23H32N8O4. The van der Waals surface area contributed by atoms with Gasteiger partial charge in [-0.25, -0.2) is 19.7 Å². The zero-order valence-corrected chi connectivity index (χ0v) is 19.8. The molecule has 6 N–H and O–H groups in total. The van der Waals surface area contributed by atoms with Gasteiger partial charge in [-0.1, -0.05) is 19.1 Å². The minimum absolute atomic E-state index is 0.231. The monoisotopic (exact) mass is 484 g/mol. The molecule has 0 spiro atoms. The second-order valence-corrected chi connectivity index (χ2v) is 8.68. The fourth-order valence-corrected chi connectivity index (χ4v) is 4.16. The Balaban J connectivity index is 1.23. The maximum absolute atomic E-state index is 12.1. The van der Waals surface area contributed by atoms with E-state index in [1.807, 2.05) is 36.2 Å². The van der Waals surface area contributed by atoms with E-state index in [-0.39, 0.29) is 11.8 Å². The average molecular weight is 485 g/mol. The minimum atomic E-state index is -1.15. The molecule has 12 nitrogen and oxygen atoms in total. The maximum Gasteiger partial charge on any atom is 0.319 e. The van der Waals surface area contributed by atoms with Crippen LogP contribution >= 0.6 is 0 Å². The molecule has 1 aromatic carbocycles. The SMILES string of the molecule is CCc1cccc(NC(=O)NCCCN(C)CC2OC(n3cnc4c(N)ncnc43)C(O)C2O)c1. The lowest BCUT2D eigenvalue weighted by molar-refractivity contribution is -0.0421. The molecule has 1 aliphatic heterocycles. The van der Waals surface area contributed by atoms with Crippen LogP contribution in [-0.2, 0) is 11.2 Å². The molecule has 4 atom stereocenters. The van der Waals surface area contributed by atoms with E-state index in [1.165, 1.54) is 12.7 Å². The third-order valence-electron chi connectivity index (χ3n) is 6.09. The number of ether oxygens (including phenoxy) is 1. The summed E-state index contributed by atoms with van der Waals surface area (Å²) >= 11 is 0. The van der Waals surface area contributed by atoms with Crippen LogP contribution in [0.3, 0.4) is 0 Å². The molecule has 188 valence electrons. The summed E-state index contributed by atoms with van der Waals surface area (Å²) in [5, 5.41) is 26.9. The van der Waals surface area contributed by atoms with Crippen LogP contribution in [0, 0.1) is 0 Å². The van der Waals surface area contributed by atoms with E-state index in [4.69, 9.17) is 10.5 Å². The second kappa shape index (κ2) is 11.0. The first kappa shape index (κ1) is 24.8. The van der Waals surface area contributed by atoms with Crippen molar-refractivity contribution in [3.05, 3.63) is 42.5 Å². The van der Waals surface area contributed by atoms with Crippen LogP contribution in [0.4, 0.5) is 16.3 Å². The Morgan fingerprint density at radius 1 is 1.26 bits per heavy atom. The molecular weight excluding hydrogens is 452 g/mol. The van der Waals surface area contributed by atoms with E-state index in [2.05, 4.69) is 32.5 Å². The topological polar surface area (TPSA) is 164 Å². The summed E-state index contributed by atoms with van der Waals surface area (Å²) in [7, 11) is 1.90. The van der Waals surface area contributed by atoms with Gasteiger partial charge in [0, 0.05) is 18.8 Å². The average Bonchev–Trinajstić information content (AvgIpc) is 3.39. The van der Waals surface area contributed by atoms with Gasteiger partial charge in [0.2, 0.25) is 0 Å². The summed E-state index contributed by atoms with van der Waals surface area (Å²) in [4.78, 5) is 26.4. The highest BCUT2D eigenvalue weighted by atomic mass is 16.6. The standard InChI is InChI=1S/C23H32N8O4/c1-3-14-6-4-7-15(10-14)29-23(34)25-8-5-9-30(2)11-16-18(32)19(33)22(35-16)31-13-28-17-20(24)26-12-27-21(17)31/h4,6-7,10,12-13,16,18-19,22,32-33H,3,5,8-9,11H2,1-2H3,(H2,24,26,27)(H2,25,29,34). The number of fused-ring (bicyclic) bond motifs is 1. The molecule has 1 fully saturated rings. The van der Waals surface area contributed by atoms with Crippen molar-refractivity contribution < 1.29 is 19.7 Å². The van der Waals surface area contributed by atoms with E-state index in [0.717, 1.165) is 17.7 Å². The number of nitrogens with two attached hydrogens (primary N) is 1. The van der Waals surface area contributed by atoms with Crippen molar-refractivity contribution in [2.45, 2.75) is 44.3 Å². The van der Waals surface area contributed by atoms with Gasteiger partial charge in [0.05, 0.1) is 6.33 Å². The van der Waals surface area contributed by atoms with Crippen LogP contribution in [0.25, 0.3) is 11.2 Å². The van der Waals surface area contributed by atoms with Gasteiger partial charge in [-0.3, -0.25) is 4.57 Å². The maximum atomic E-state index is 12.1. The number of carbonyl (C=O) groups excluding carboxylic acids is 1. The molecule has 1 aliphatic rings. The fraction of sp³-hybridized carbons (Fsp3) is 0.478. The Morgan fingerprint density at radius 3 is 2.89 bits per heavy atom. The van der Waals surface area contributed by atoms with Crippen LogP contribution in [-0.4, -0.2) is 85.7 Å². The molecule has 3 heterocycles. The molecule has 0 bridgehead atoms. The van der Waals surface area contributed by atoms with Gasteiger partial charge >= 0.3 is 6.03 Å². The molecule has 4 unspecified atom stereocenters. The third-order valence-corrected chi connectivity index (χ3v) is 6.09. The number of nitrogens with zero attached hydrogens (tertiary/aromatic N) is 5. The number of rotatable bonds is 9. The van der Waals surface area contributed by atoms with E-state index in [1.54, 1.807) is 4.57 Å². The Hall–Kier alpha value is -3.32. The quantitative estimate of drug-likeness (QED) is 0.275. The van der Waals surface area contributed by atoms with Gasteiger partial charge in [-0.15, -0.1) is 0 Å². The smallest absolute Gasteiger partial charge is 0.319 e. The zero-order chi connectivity index (χ0) is 24.9. The number of aromatic nitrogens is 4. The predicted molar refractivity (Wildman–Crippen MR) is 131 cm³/mol. The normalized spacial score (nSPS) is 22.1. The molecule has 2 amide bonds. The molecule has 4 rings (SSSR count). The number of likely N-dealkylation sites (N-methyl/N-ethyl adjacent to an activating group) is 1. The number of amides is 2. The number of benzene rings is 1. The lowest BCUT2D eigenvalue weighted by Gasteiger charge is -2.22. The van der Waals surface area contributed by atoms with Gasteiger partial charge in [0.1, 0.15) is 30.2 Å². The molecule has 1 saturated heterocycles. The Kier molecular flexibility index (Phi) is 7.76. The Morgan fingerprint density at radius 2 is 2.09 bits per heavy atom. The summed E-state index contributed by atoms with van der Waals surface area (Å²) < 4.78 is 7.53. The number of imidazole rings is 1. The number of nitrogens with one attached hydrogen (secondary N) is 2. The van der Waals surface area contributed by atoms with Crippen LogP contribution in [0.2, 0.25) is 0 Å². The number of carbonyl (C=O) groups is 1. The summed E-state index contributed by atoms with van der Waals surface area (Å²) in [6.45, 7) is 3.62. The number of aliphatic hydroxyl groups is 2. The third kappa shape index (κ3) is 5.68. The number of nitrogen functional groups attached to an aromatic ring is 1. The zero-order valence-electron chi connectivity index (χ0n) is 19.8.